The van der Waals surface area contributed by atoms with Crippen LogP contribution in [0.1, 0.15) is 139 Å². The van der Waals surface area contributed by atoms with Crippen LogP contribution in [0.3, 0.4) is 0 Å². The van der Waals surface area contributed by atoms with Crippen molar-refractivity contribution in [3.8, 4) is 45.5 Å². The Morgan fingerprint density at radius 3 is 1.19 bits per heavy atom. The van der Waals surface area contributed by atoms with E-state index < -0.39 is 0 Å². The molecule has 0 radical (unpaired) electrons. The zero-order chi connectivity index (χ0) is 44.5. The molecule has 2 N–H and O–H groups in total. The average Bonchev–Trinajstić information content (AvgIpc) is 4.04. The number of benzene rings is 3. The molecule has 0 fully saturated rings. The van der Waals surface area contributed by atoms with E-state index in [4.69, 9.17) is 9.97 Å². The van der Waals surface area contributed by atoms with Gasteiger partial charge in [-0.25, -0.2) is 9.97 Å². The summed E-state index contributed by atoms with van der Waals surface area (Å²) >= 11 is 0. The summed E-state index contributed by atoms with van der Waals surface area (Å²) in [7, 11) is 0. The summed E-state index contributed by atoms with van der Waals surface area (Å²) in [6.45, 7) is 27.1. The lowest BCUT2D eigenvalue weighted by Gasteiger charge is -2.26. The lowest BCUT2D eigenvalue weighted by Crippen LogP contribution is -2.16. The molecular formula is C56H56N6. The van der Waals surface area contributed by atoms with E-state index in [2.05, 4.69) is 196 Å². The number of nitrogens with one attached hydrogen (secondary N) is 2. The molecule has 6 aromatic rings. The topological polar surface area (TPSA) is 105 Å². The molecule has 2 aliphatic heterocycles. The zero-order valence-electron chi connectivity index (χ0n) is 38.2. The highest BCUT2D eigenvalue weighted by molar-refractivity contribution is 5.98. The summed E-state index contributed by atoms with van der Waals surface area (Å²) in [4.78, 5) is 18.4. The largest absolute Gasteiger partial charge is 0.355 e. The fourth-order valence-corrected chi connectivity index (χ4v) is 8.23. The first-order chi connectivity index (χ1) is 29.1. The molecule has 5 heterocycles. The normalized spacial score (nSPS) is 13.0. The Morgan fingerprint density at radius 1 is 0.403 bits per heavy atom. The molecule has 6 nitrogen and oxygen atoms in total. The van der Waals surface area contributed by atoms with Gasteiger partial charge in [-0.15, -0.1) is 0 Å². The second kappa shape index (κ2) is 15.0. The van der Waals surface area contributed by atoms with Crippen molar-refractivity contribution in [2.45, 2.75) is 105 Å². The van der Waals surface area contributed by atoms with Crippen molar-refractivity contribution in [1.82, 2.24) is 19.9 Å². The second-order valence-electron chi connectivity index (χ2n) is 21.0. The van der Waals surface area contributed by atoms with Crippen LogP contribution in [-0.2, 0) is 21.7 Å². The second-order valence-corrected chi connectivity index (χ2v) is 21.0. The lowest BCUT2D eigenvalue weighted by atomic mass is 9.78. The van der Waals surface area contributed by atoms with Crippen molar-refractivity contribution in [3.05, 3.63) is 141 Å². The molecule has 8 rings (SSSR count). The first kappa shape index (κ1) is 42.0. The molecule has 8 bridgehead atoms. The van der Waals surface area contributed by atoms with Gasteiger partial charge in [0.15, 0.2) is 0 Å². The van der Waals surface area contributed by atoms with Crippen LogP contribution in [0.2, 0.25) is 0 Å². The van der Waals surface area contributed by atoms with Gasteiger partial charge in [0, 0.05) is 38.8 Å². The van der Waals surface area contributed by atoms with Crippen LogP contribution in [0.15, 0.2) is 84.9 Å². The Morgan fingerprint density at radius 2 is 0.774 bits per heavy atom. The number of nitriles is 2. The molecule has 6 heteroatoms. The van der Waals surface area contributed by atoms with E-state index in [0.29, 0.717) is 11.1 Å². The van der Waals surface area contributed by atoms with Gasteiger partial charge in [-0.05, 0) is 133 Å². The van der Waals surface area contributed by atoms with Gasteiger partial charge in [-0.2, -0.15) is 10.5 Å². The summed E-state index contributed by atoms with van der Waals surface area (Å²) in [6, 6.07) is 34.4. The lowest BCUT2D eigenvalue weighted by molar-refractivity contribution is 0.568. The molecule has 3 aromatic heterocycles. The minimum absolute atomic E-state index is 0.0932. The fraction of sp³-hybridized carbons (Fsp3) is 0.286. The van der Waals surface area contributed by atoms with Crippen LogP contribution < -0.4 is 0 Å². The molecule has 0 saturated carbocycles. The SMILES string of the molecule is CC(C)(C)c1cc(-c2c3nc(c(-c4cc(C#N)cc(C#N)c4)c4ccc([nH]4)c(-c4cc(C(C)(C)C)cc(C(C)(C)C)c4)c4nc(cc5ccc2[nH]5)C=C4)C=C3)cc(C(C)(C)C)c1. The van der Waals surface area contributed by atoms with Crippen molar-refractivity contribution in [2.75, 3.05) is 0 Å². The van der Waals surface area contributed by atoms with Crippen molar-refractivity contribution in [1.29, 1.82) is 10.5 Å². The van der Waals surface area contributed by atoms with E-state index in [9.17, 15) is 10.5 Å². The van der Waals surface area contributed by atoms with E-state index >= 15 is 0 Å². The van der Waals surface area contributed by atoms with Gasteiger partial charge in [0.1, 0.15) is 0 Å². The summed E-state index contributed by atoms with van der Waals surface area (Å²) in [5, 5.41) is 20.3. The maximum absolute atomic E-state index is 10.2. The van der Waals surface area contributed by atoms with Crippen LogP contribution in [0.25, 0.3) is 79.8 Å². The number of aromatic amines is 2. The van der Waals surface area contributed by atoms with Gasteiger partial charge in [0.05, 0.1) is 46.0 Å². The van der Waals surface area contributed by atoms with Crippen LogP contribution in [0.5, 0.6) is 0 Å². The van der Waals surface area contributed by atoms with Crippen molar-refractivity contribution < 1.29 is 0 Å². The standard InChI is InChI=1S/C56H56N6/c1-53(2,3)38-24-36(25-39(28-38)54(4,5)6)51-44-15-13-42(59-44)30-43-14-16-45(60-43)52(37-26-40(55(7,8)9)29-41(27-37)56(10,11)12)49-20-18-47(62-49)50(46-17-19-48(51)61-46)35-22-33(31-57)21-34(23-35)32-58/h13-30,59,62H,1-12H3. The highest BCUT2D eigenvalue weighted by Gasteiger charge is 2.25. The van der Waals surface area contributed by atoms with E-state index in [0.717, 1.165) is 78.2 Å². The smallest absolute Gasteiger partial charge is 0.0992 e. The highest BCUT2D eigenvalue weighted by atomic mass is 14.8. The van der Waals surface area contributed by atoms with Crippen molar-refractivity contribution >= 4 is 46.4 Å². The minimum atomic E-state index is -0.0932. The Balaban J connectivity index is 1.55. The Labute approximate surface area is 366 Å². The Bertz CT molecular complexity index is 2950. The number of aromatic nitrogens is 4. The average molecular weight is 813 g/mol. The number of hydrogen-bond acceptors (Lipinski definition) is 4. The molecule has 0 unspecified atom stereocenters. The van der Waals surface area contributed by atoms with E-state index in [1.165, 1.54) is 22.3 Å². The van der Waals surface area contributed by atoms with Gasteiger partial charge in [0.2, 0.25) is 0 Å². The van der Waals surface area contributed by atoms with Crippen molar-refractivity contribution in [2.24, 2.45) is 0 Å². The zero-order valence-corrected chi connectivity index (χ0v) is 38.2. The molecular weight excluding hydrogens is 757 g/mol. The van der Waals surface area contributed by atoms with Gasteiger partial charge in [0.25, 0.3) is 0 Å². The van der Waals surface area contributed by atoms with Crippen LogP contribution >= 0.6 is 0 Å². The summed E-state index contributed by atoms with van der Waals surface area (Å²) < 4.78 is 0. The summed E-state index contributed by atoms with van der Waals surface area (Å²) in [5.41, 5.74) is 17.8. The number of nitrogens with zero attached hydrogens (tertiary/aromatic N) is 4. The molecule has 0 atom stereocenters. The quantitative estimate of drug-likeness (QED) is 0.185. The molecule has 0 saturated heterocycles. The Hall–Kier alpha value is -6.76. The van der Waals surface area contributed by atoms with E-state index in [1.807, 2.05) is 12.1 Å². The molecule has 2 aliphatic rings. The predicted octanol–water partition coefficient (Wildman–Crippen LogP) is 14.6. The van der Waals surface area contributed by atoms with E-state index in [-0.39, 0.29) is 21.7 Å². The first-order valence-corrected chi connectivity index (χ1v) is 21.5. The van der Waals surface area contributed by atoms with Crippen molar-refractivity contribution in [3.63, 3.8) is 0 Å². The monoisotopic (exact) mass is 812 g/mol. The summed E-state index contributed by atoms with van der Waals surface area (Å²) in [5.74, 6) is 0. The van der Waals surface area contributed by atoms with Gasteiger partial charge in [-0.1, -0.05) is 119 Å². The fourth-order valence-electron chi connectivity index (χ4n) is 8.23. The third-order valence-corrected chi connectivity index (χ3v) is 12.0. The maximum Gasteiger partial charge on any atom is 0.0992 e. The summed E-state index contributed by atoms with van der Waals surface area (Å²) in [6.07, 6.45) is 8.34. The molecule has 0 spiro atoms. The number of rotatable bonds is 3. The molecule has 62 heavy (non-hydrogen) atoms. The Kier molecular flexibility index (Phi) is 10.1. The van der Waals surface area contributed by atoms with Gasteiger partial charge in [-0.3, -0.25) is 0 Å². The molecule has 310 valence electrons. The number of H-pyrrole nitrogens is 2. The molecule has 0 amide bonds. The predicted molar refractivity (Wildman–Crippen MR) is 259 cm³/mol. The minimum Gasteiger partial charge on any atom is -0.355 e. The molecule has 3 aromatic carbocycles. The molecule has 0 aliphatic carbocycles. The first-order valence-electron chi connectivity index (χ1n) is 21.5. The third-order valence-electron chi connectivity index (χ3n) is 12.0. The number of fused-ring (bicyclic) bond motifs is 8. The third kappa shape index (κ3) is 8.18. The number of hydrogen-bond donors (Lipinski definition) is 2. The van der Waals surface area contributed by atoms with Crippen LogP contribution in [-0.4, -0.2) is 19.9 Å². The van der Waals surface area contributed by atoms with Crippen LogP contribution in [0, 0.1) is 22.7 Å². The maximum atomic E-state index is 10.2. The highest BCUT2D eigenvalue weighted by Crippen LogP contribution is 2.41. The van der Waals surface area contributed by atoms with E-state index in [1.54, 1.807) is 6.07 Å². The van der Waals surface area contributed by atoms with Gasteiger partial charge >= 0.3 is 0 Å². The van der Waals surface area contributed by atoms with Crippen LogP contribution in [0.4, 0.5) is 0 Å². The van der Waals surface area contributed by atoms with Gasteiger partial charge < -0.3 is 9.97 Å².